The molecule has 2 rings (SSSR count). The minimum atomic E-state index is -1.10. The molecule has 8 heteroatoms. The van der Waals surface area contributed by atoms with E-state index in [1.807, 2.05) is 0 Å². The van der Waals surface area contributed by atoms with Crippen molar-refractivity contribution < 1.29 is 24.0 Å². The number of nitro benzene ring substituents is 1. The zero-order chi connectivity index (χ0) is 15.6. The smallest absolute Gasteiger partial charge is 0.335 e. The van der Waals surface area contributed by atoms with Gasteiger partial charge in [-0.25, -0.2) is 9.18 Å². The third-order valence-electron chi connectivity index (χ3n) is 2.53. The molecule has 0 spiro atoms. The summed E-state index contributed by atoms with van der Waals surface area (Å²) in [4.78, 5) is 21.0. The summed E-state index contributed by atoms with van der Waals surface area (Å²) < 4.78 is 18.9. The summed E-state index contributed by atoms with van der Waals surface area (Å²) >= 11 is 1.64. The molecule has 0 aliphatic heterocycles. The van der Waals surface area contributed by atoms with Gasteiger partial charge in [-0.2, -0.15) is 0 Å². The number of carboxylic acids is 1. The van der Waals surface area contributed by atoms with Gasteiger partial charge in [0.1, 0.15) is 11.6 Å². The normalized spacial score (nSPS) is 10.2. The van der Waals surface area contributed by atoms with Crippen LogP contribution in [0.5, 0.6) is 11.5 Å². The van der Waals surface area contributed by atoms with Crippen molar-refractivity contribution in [3.05, 3.63) is 61.5 Å². The Morgan fingerprint density at radius 1 is 1.29 bits per heavy atom. The summed E-state index contributed by atoms with van der Waals surface area (Å²) in [6.45, 7) is 0. The molecule has 0 radical (unpaired) electrons. The first kappa shape index (κ1) is 15.2. The monoisotopic (exact) mass is 403 g/mol. The molecule has 0 bridgehead atoms. The van der Waals surface area contributed by atoms with Crippen LogP contribution in [0.25, 0.3) is 0 Å². The van der Waals surface area contributed by atoms with E-state index in [4.69, 9.17) is 9.84 Å². The Morgan fingerprint density at radius 2 is 1.90 bits per heavy atom. The molecular weight excluding hydrogens is 396 g/mol. The highest BCUT2D eigenvalue weighted by Gasteiger charge is 2.19. The first-order valence-corrected chi connectivity index (χ1v) is 6.61. The Hall–Kier alpha value is -2.23. The van der Waals surface area contributed by atoms with Crippen molar-refractivity contribution in [2.24, 2.45) is 0 Å². The van der Waals surface area contributed by atoms with E-state index in [1.165, 1.54) is 24.3 Å². The van der Waals surface area contributed by atoms with Crippen molar-refractivity contribution in [1.82, 2.24) is 0 Å². The highest BCUT2D eigenvalue weighted by molar-refractivity contribution is 14.1. The number of ether oxygens (including phenoxy) is 1. The molecule has 6 nitrogen and oxygen atoms in total. The van der Waals surface area contributed by atoms with Crippen LogP contribution in [-0.2, 0) is 0 Å². The average Bonchev–Trinajstić information content (AvgIpc) is 2.43. The molecule has 0 aliphatic rings. The number of benzene rings is 2. The number of hydrogen-bond donors (Lipinski definition) is 1. The lowest BCUT2D eigenvalue weighted by Crippen LogP contribution is -1.98. The van der Waals surface area contributed by atoms with Crippen LogP contribution in [0.2, 0.25) is 0 Å². The lowest BCUT2D eigenvalue weighted by molar-refractivity contribution is -0.385. The Kier molecular flexibility index (Phi) is 4.36. The van der Waals surface area contributed by atoms with E-state index < -0.39 is 16.7 Å². The molecule has 108 valence electrons. The van der Waals surface area contributed by atoms with Gasteiger partial charge in [-0.15, -0.1) is 0 Å². The van der Waals surface area contributed by atoms with E-state index in [0.29, 0.717) is 0 Å². The summed E-state index contributed by atoms with van der Waals surface area (Å²) in [6, 6.07) is 7.23. The van der Waals surface area contributed by atoms with Crippen LogP contribution in [0.1, 0.15) is 10.4 Å². The van der Waals surface area contributed by atoms with Crippen LogP contribution in [0.15, 0.2) is 36.4 Å². The summed E-state index contributed by atoms with van der Waals surface area (Å²) in [5.74, 6) is -1.82. The maximum atomic E-state index is 13.5. The predicted octanol–water partition coefficient (Wildman–Crippen LogP) is 3.83. The summed E-state index contributed by atoms with van der Waals surface area (Å²) in [7, 11) is 0. The zero-order valence-electron chi connectivity index (χ0n) is 10.2. The van der Waals surface area contributed by atoms with Gasteiger partial charge in [0.05, 0.1) is 14.1 Å². The number of carboxylic acid groups (broad SMARTS) is 1. The highest BCUT2D eigenvalue weighted by atomic mass is 127. The second kappa shape index (κ2) is 6.04. The molecule has 0 saturated heterocycles. The van der Waals surface area contributed by atoms with Crippen molar-refractivity contribution >= 4 is 34.2 Å². The van der Waals surface area contributed by atoms with Gasteiger partial charge in [-0.05, 0) is 46.9 Å². The molecule has 0 aromatic heterocycles. The predicted molar refractivity (Wildman–Crippen MR) is 79.2 cm³/mol. The van der Waals surface area contributed by atoms with Gasteiger partial charge in [0.25, 0.3) is 0 Å². The van der Waals surface area contributed by atoms with E-state index in [-0.39, 0.29) is 26.3 Å². The molecule has 1 N–H and O–H groups in total. The van der Waals surface area contributed by atoms with Crippen molar-refractivity contribution in [2.45, 2.75) is 0 Å². The molecule has 0 unspecified atom stereocenters. The second-order valence-electron chi connectivity index (χ2n) is 3.92. The molecule has 0 atom stereocenters. The SMILES string of the molecule is O=C(O)c1ccc(Oc2cc(F)c(I)cc2[N+](=O)[O-])cc1. The van der Waals surface area contributed by atoms with Crippen molar-refractivity contribution in [1.29, 1.82) is 0 Å². The van der Waals surface area contributed by atoms with Crippen molar-refractivity contribution in [3.8, 4) is 11.5 Å². The van der Waals surface area contributed by atoms with Gasteiger partial charge in [-0.3, -0.25) is 10.1 Å². The van der Waals surface area contributed by atoms with Crippen LogP contribution in [0, 0.1) is 19.5 Å². The molecule has 2 aromatic rings. The number of carbonyl (C=O) groups is 1. The first-order chi connectivity index (χ1) is 9.88. The summed E-state index contributed by atoms with van der Waals surface area (Å²) in [5, 5.41) is 19.7. The number of aromatic carboxylic acids is 1. The molecule has 2 aromatic carbocycles. The van der Waals surface area contributed by atoms with Gasteiger partial charge < -0.3 is 9.84 Å². The van der Waals surface area contributed by atoms with E-state index in [9.17, 15) is 19.3 Å². The summed E-state index contributed by atoms with van der Waals surface area (Å²) in [5.41, 5.74) is -0.325. The van der Waals surface area contributed by atoms with Crippen LogP contribution < -0.4 is 4.74 Å². The minimum absolute atomic E-state index is 0.0469. The van der Waals surface area contributed by atoms with Crippen LogP contribution in [-0.4, -0.2) is 16.0 Å². The lowest BCUT2D eigenvalue weighted by Gasteiger charge is -2.07. The third kappa shape index (κ3) is 3.45. The number of nitrogens with zero attached hydrogens (tertiary/aromatic N) is 1. The van der Waals surface area contributed by atoms with Crippen LogP contribution in [0.4, 0.5) is 10.1 Å². The van der Waals surface area contributed by atoms with E-state index >= 15 is 0 Å². The molecule has 0 fully saturated rings. The molecule has 0 aliphatic carbocycles. The number of nitro groups is 1. The Morgan fingerprint density at radius 3 is 2.43 bits per heavy atom. The molecule has 0 amide bonds. The minimum Gasteiger partial charge on any atom is -0.478 e. The Bertz CT molecular complexity index is 717. The average molecular weight is 403 g/mol. The molecule has 0 heterocycles. The third-order valence-corrected chi connectivity index (χ3v) is 3.35. The van der Waals surface area contributed by atoms with E-state index in [1.54, 1.807) is 22.6 Å². The highest BCUT2D eigenvalue weighted by Crippen LogP contribution is 2.34. The number of hydrogen-bond acceptors (Lipinski definition) is 4. The van der Waals surface area contributed by atoms with Gasteiger partial charge in [0.15, 0.2) is 0 Å². The quantitative estimate of drug-likeness (QED) is 0.476. The van der Waals surface area contributed by atoms with Gasteiger partial charge >= 0.3 is 11.7 Å². The van der Waals surface area contributed by atoms with Gasteiger partial charge in [0.2, 0.25) is 5.75 Å². The molecule has 21 heavy (non-hydrogen) atoms. The largest absolute Gasteiger partial charge is 0.478 e. The molecule has 0 saturated carbocycles. The van der Waals surface area contributed by atoms with E-state index in [0.717, 1.165) is 12.1 Å². The van der Waals surface area contributed by atoms with Crippen molar-refractivity contribution in [2.75, 3.05) is 0 Å². The molecular formula is C13H7FINO5. The second-order valence-corrected chi connectivity index (χ2v) is 5.08. The van der Waals surface area contributed by atoms with Crippen LogP contribution >= 0.6 is 22.6 Å². The Balaban J connectivity index is 2.36. The fourth-order valence-corrected chi connectivity index (χ4v) is 1.99. The van der Waals surface area contributed by atoms with Crippen molar-refractivity contribution in [3.63, 3.8) is 0 Å². The number of halogens is 2. The summed E-state index contributed by atoms with van der Waals surface area (Å²) in [6.07, 6.45) is 0. The number of rotatable bonds is 4. The zero-order valence-corrected chi connectivity index (χ0v) is 12.4. The first-order valence-electron chi connectivity index (χ1n) is 5.53. The lowest BCUT2D eigenvalue weighted by atomic mass is 10.2. The van der Waals surface area contributed by atoms with Crippen LogP contribution in [0.3, 0.4) is 0 Å². The topological polar surface area (TPSA) is 89.7 Å². The fourth-order valence-electron chi connectivity index (χ4n) is 1.54. The standard InChI is InChI=1S/C13H7FINO5/c14-9-5-12(11(16(19)20)6-10(9)15)21-8-3-1-7(2-4-8)13(17)18/h1-6H,(H,17,18). The Labute approximate surface area is 131 Å². The fraction of sp³-hybridized carbons (Fsp3) is 0. The van der Waals surface area contributed by atoms with Gasteiger partial charge in [0, 0.05) is 12.1 Å². The maximum Gasteiger partial charge on any atom is 0.335 e. The van der Waals surface area contributed by atoms with Gasteiger partial charge in [-0.1, -0.05) is 0 Å². The maximum absolute atomic E-state index is 13.5. The van der Waals surface area contributed by atoms with E-state index in [2.05, 4.69) is 0 Å².